The van der Waals surface area contributed by atoms with Crippen LogP contribution in [0.5, 0.6) is 0 Å². The number of H-pyrrole nitrogens is 1. The van der Waals surface area contributed by atoms with Crippen LogP contribution in [0.3, 0.4) is 0 Å². The molecule has 2 nitrogen and oxygen atoms in total. The molecule has 0 unspecified atom stereocenters. The number of pyridine rings is 1. The van der Waals surface area contributed by atoms with Crippen LogP contribution in [0.15, 0.2) is 12.4 Å². The van der Waals surface area contributed by atoms with Gasteiger partial charge in [0.25, 0.3) is 0 Å². The van der Waals surface area contributed by atoms with E-state index in [0.717, 1.165) is 5.69 Å². The molecule has 2 aromatic rings. The second-order valence-corrected chi connectivity index (χ2v) is 4.19. The van der Waals surface area contributed by atoms with E-state index < -0.39 is 0 Å². The van der Waals surface area contributed by atoms with Crippen molar-refractivity contribution in [1.29, 1.82) is 0 Å². The predicted molar refractivity (Wildman–Crippen MR) is 64.2 cm³/mol. The summed E-state index contributed by atoms with van der Waals surface area (Å²) in [5, 5.41) is 1.39. The molecule has 0 saturated heterocycles. The highest BCUT2D eigenvalue weighted by Gasteiger charge is 2.08. The summed E-state index contributed by atoms with van der Waals surface area (Å²) in [5.41, 5.74) is 5.03. The number of rotatable bonds is 3. The fourth-order valence-electron chi connectivity index (χ4n) is 2.09. The zero-order chi connectivity index (χ0) is 10.8. The van der Waals surface area contributed by atoms with Gasteiger partial charge in [0.1, 0.15) is 0 Å². The summed E-state index contributed by atoms with van der Waals surface area (Å²) in [6, 6.07) is 0. The number of fused-ring (bicyclic) bond motifs is 1. The summed E-state index contributed by atoms with van der Waals surface area (Å²) in [7, 11) is 0. The van der Waals surface area contributed by atoms with Gasteiger partial charge < -0.3 is 4.98 Å². The standard InChI is InChI=1S/C13H18N2/c1-4-5-6-11-8-15-13-10(3)14-7-9(2)12(11)13/h7-8,15H,4-6H2,1-3H3. The Labute approximate surface area is 90.7 Å². The van der Waals surface area contributed by atoms with Crippen LogP contribution >= 0.6 is 0 Å². The van der Waals surface area contributed by atoms with Crippen LogP contribution in [0.1, 0.15) is 36.6 Å². The Balaban J connectivity index is 2.53. The van der Waals surface area contributed by atoms with Gasteiger partial charge >= 0.3 is 0 Å². The van der Waals surface area contributed by atoms with Crippen molar-refractivity contribution in [1.82, 2.24) is 9.97 Å². The number of hydrogen-bond acceptors (Lipinski definition) is 1. The molecule has 0 aliphatic rings. The van der Waals surface area contributed by atoms with E-state index in [9.17, 15) is 0 Å². The van der Waals surface area contributed by atoms with Gasteiger partial charge in [0, 0.05) is 17.8 Å². The molecule has 2 rings (SSSR count). The summed E-state index contributed by atoms with van der Waals surface area (Å²) in [6.45, 7) is 6.43. The maximum absolute atomic E-state index is 4.37. The first-order valence-corrected chi connectivity index (χ1v) is 5.66. The Morgan fingerprint density at radius 2 is 2.13 bits per heavy atom. The third-order valence-electron chi connectivity index (χ3n) is 2.97. The van der Waals surface area contributed by atoms with Crippen LogP contribution in [0.25, 0.3) is 10.9 Å². The van der Waals surface area contributed by atoms with Crippen molar-refractivity contribution in [3.05, 3.63) is 29.2 Å². The maximum atomic E-state index is 4.37. The van der Waals surface area contributed by atoms with E-state index >= 15 is 0 Å². The van der Waals surface area contributed by atoms with Crippen molar-refractivity contribution >= 4 is 10.9 Å². The molecule has 0 amide bonds. The van der Waals surface area contributed by atoms with Gasteiger partial charge in [-0.2, -0.15) is 0 Å². The lowest BCUT2D eigenvalue weighted by atomic mass is 10.0. The summed E-state index contributed by atoms with van der Waals surface area (Å²) >= 11 is 0. The summed E-state index contributed by atoms with van der Waals surface area (Å²) in [4.78, 5) is 7.71. The van der Waals surface area contributed by atoms with Crippen molar-refractivity contribution in [3.8, 4) is 0 Å². The number of aryl methyl sites for hydroxylation is 3. The number of hydrogen-bond donors (Lipinski definition) is 1. The van der Waals surface area contributed by atoms with Gasteiger partial charge in [-0.15, -0.1) is 0 Å². The molecule has 15 heavy (non-hydrogen) atoms. The fraction of sp³-hybridized carbons (Fsp3) is 0.462. The molecule has 0 bridgehead atoms. The van der Waals surface area contributed by atoms with Crippen LogP contribution in [-0.2, 0) is 6.42 Å². The lowest BCUT2D eigenvalue weighted by Gasteiger charge is -2.02. The SMILES string of the molecule is CCCCc1c[nH]c2c(C)ncc(C)c12. The average molecular weight is 202 g/mol. The van der Waals surface area contributed by atoms with E-state index in [0.29, 0.717) is 0 Å². The Morgan fingerprint density at radius 3 is 2.87 bits per heavy atom. The minimum absolute atomic E-state index is 1.10. The van der Waals surface area contributed by atoms with E-state index in [-0.39, 0.29) is 0 Å². The van der Waals surface area contributed by atoms with E-state index in [2.05, 4.69) is 36.9 Å². The highest BCUT2D eigenvalue weighted by Crippen LogP contribution is 2.24. The Hall–Kier alpha value is -1.31. The molecule has 0 radical (unpaired) electrons. The maximum Gasteiger partial charge on any atom is 0.0675 e. The van der Waals surface area contributed by atoms with Crippen LogP contribution in [0.4, 0.5) is 0 Å². The minimum Gasteiger partial charge on any atom is -0.359 e. The molecule has 0 spiro atoms. The molecular weight excluding hydrogens is 184 g/mol. The van der Waals surface area contributed by atoms with E-state index in [1.54, 1.807) is 0 Å². The van der Waals surface area contributed by atoms with Crippen LogP contribution in [-0.4, -0.2) is 9.97 Å². The van der Waals surface area contributed by atoms with Crippen LogP contribution in [0.2, 0.25) is 0 Å². The van der Waals surface area contributed by atoms with Crippen molar-refractivity contribution in [3.63, 3.8) is 0 Å². The predicted octanol–water partition coefficient (Wildman–Crippen LogP) is 3.52. The van der Waals surface area contributed by atoms with Crippen LogP contribution < -0.4 is 0 Å². The highest BCUT2D eigenvalue weighted by atomic mass is 14.8. The molecule has 1 N–H and O–H groups in total. The Kier molecular flexibility index (Phi) is 2.76. The van der Waals surface area contributed by atoms with E-state index in [1.807, 2.05) is 6.20 Å². The molecule has 2 heteroatoms. The molecule has 0 aromatic carbocycles. The molecular formula is C13H18N2. The first kappa shape index (κ1) is 10.2. The van der Waals surface area contributed by atoms with Crippen molar-refractivity contribution in [2.45, 2.75) is 40.0 Å². The van der Waals surface area contributed by atoms with Gasteiger partial charge in [0.2, 0.25) is 0 Å². The third kappa shape index (κ3) is 1.76. The van der Waals surface area contributed by atoms with Crippen molar-refractivity contribution in [2.75, 3.05) is 0 Å². The number of nitrogens with one attached hydrogen (secondary N) is 1. The Bertz CT molecular complexity index is 469. The molecule has 2 heterocycles. The number of unbranched alkanes of at least 4 members (excludes halogenated alkanes) is 1. The smallest absolute Gasteiger partial charge is 0.0675 e. The van der Waals surface area contributed by atoms with E-state index in [4.69, 9.17) is 0 Å². The topological polar surface area (TPSA) is 28.7 Å². The minimum atomic E-state index is 1.10. The number of aromatic amines is 1. The number of nitrogens with zero attached hydrogens (tertiary/aromatic N) is 1. The van der Waals surface area contributed by atoms with Gasteiger partial charge in [0.05, 0.1) is 11.2 Å². The lowest BCUT2D eigenvalue weighted by molar-refractivity contribution is 0.798. The molecule has 0 aliphatic heterocycles. The third-order valence-corrected chi connectivity index (χ3v) is 2.97. The van der Waals surface area contributed by atoms with Crippen molar-refractivity contribution < 1.29 is 0 Å². The van der Waals surface area contributed by atoms with Gasteiger partial charge in [0.15, 0.2) is 0 Å². The zero-order valence-electron chi connectivity index (χ0n) is 9.72. The Morgan fingerprint density at radius 1 is 1.33 bits per heavy atom. The first-order chi connectivity index (χ1) is 7.24. The second-order valence-electron chi connectivity index (χ2n) is 4.19. The van der Waals surface area contributed by atoms with Gasteiger partial charge in [-0.05, 0) is 37.8 Å². The molecule has 0 aliphatic carbocycles. The monoisotopic (exact) mass is 202 g/mol. The zero-order valence-corrected chi connectivity index (χ0v) is 9.72. The fourth-order valence-corrected chi connectivity index (χ4v) is 2.09. The molecule has 80 valence electrons. The highest BCUT2D eigenvalue weighted by molar-refractivity contribution is 5.87. The van der Waals surface area contributed by atoms with Crippen molar-refractivity contribution in [2.24, 2.45) is 0 Å². The van der Waals surface area contributed by atoms with Gasteiger partial charge in [-0.3, -0.25) is 4.98 Å². The molecule has 2 aromatic heterocycles. The second kappa shape index (κ2) is 4.05. The van der Waals surface area contributed by atoms with Crippen LogP contribution in [0, 0.1) is 13.8 Å². The average Bonchev–Trinajstić information content (AvgIpc) is 2.65. The first-order valence-electron chi connectivity index (χ1n) is 5.66. The van der Waals surface area contributed by atoms with E-state index in [1.165, 1.54) is 41.3 Å². The quantitative estimate of drug-likeness (QED) is 0.810. The summed E-state index contributed by atoms with van der Waals surface area (Å²) in [6.07, 6.45) is 7.79. The van der Waals surface area contributed by atoms with Gasteiger partial charge in [-0.25, -0.2) is 0 Å². The summed E-state index contributed by atoms with van der Waals surface area (Å²) < 4.78 is 0. The lowest BCUT2D eigenvalue weighted by Crippen LogP contribution is -1.88. The van der Waals surface area contributed by atoms with Gasteiger partial charge in [-0.1, -0.05) is 13.3 Å². The number of aromatic nitrogens is 2. The largest absolute Gasteiger partial charge is 0.359 e. The molecule has 0 atom stereocenters. The molecule has 0 saturated carbocycles. The normalized spacial score (nSPS) is 11.1. The molecule has 0 fully saturated rings. The summed E-state index contributed by atoms with van der Waals surface area (Å²) in [5.74, 6) is 0.